The first kappa shape index (κ1) is 20.2. The molecule has 0 unspecified atom stereocenters. The van der Waals surface area contributed by atoms with Crippen LogP contribution in [0.2, 0.25) is 0 Å². The molecule has 2 N–H and O–H groups in total. The van der Waals surface area contributed by atoms with Crippen LogP contribution in [0.3, 0.4) is 0 Å². The summed E-state index contributed by atoms with van der Waals surface area (Å²) in [6, 6.07) is 2.56. The van der Waals surface area contributed by atoms with Crippen LogP contribution in [0.1, 0.15) is 42.3 Å². The van der Waals surface area contributed by atoms with Gasteiger partial charge in [-0.3, -0.25) is 0 Å². The molecule has 0 atom stereocenters. The fourth-order valence-corrected chi connectivity index (χ4v) is 1.85. The molecule has 0 aliphatic heterocycles. The molecule has 0 heterocycles. The van der Waals surface area contributed by atoms with Gasteiger partial charge in [-0.2, -0.15) is 13.2 Å². The minimum Gasteiger partial charge on any atom is -0.477 e. The number of esters is 1. The zero-order chi connectivity index (χ0) is 19.6. The van der Waals surface area contributed by atoms with E-state index in [9.17, 15) is 27.6 Å². The first-order chi connectivity index (χ1) is 11.2. The Kier molecular flexibility index (Phi) is 5.62. The summed E-state index contributed by atoms with van der Waals surface area (Å²) in [4.78, 5) is 34.1. The molecule has 0 spiro atoms. The van der Waals surface area contributed by atoms with Crippen LogP contribution in [0.25, 0.3) is 6.08 Å². The van der Waals surface area contributed by atoms with Crippen LogP contribution in [-0.2, 0) is 20.5 Å². The van der Waals surface area contributed by atoms with E-state index >= 15 is 0 Å². The third-order valence-corrected chi connectivity index (χ3v) is 2.77. The van der Waals surface area contributed by atoms with Crippen molar-refractivity contribution >= 4 is 24.0 Å². The maximum absolute atomic E-state index is 13.2. The molecular weight excluding hydrogens is 345 g/mol. The van der Waals surface area contributed by atoms with Crippen molar-refractivity contribution in [1.82, 2.24) is 0 Å². The lowest BCUT2D eigenvalue weighted by atomic mass is 9.98. The van der Waals surface area contributed by atoms with Crippen LogP contribution >= 0.6 is 0 Å². The molecule has 0 aliphatic rings. The molecule has 1 aromatic carbocycles. The molecule has 0 aromatic heterocycles. The maximum atomic E-state index is 13.2. The summed E-state index contributed by atoms with van der Waals surface area (Å²) in [6.07, 6.45) is -4.44. The van der Waals surface area contributed by atoms with Crippen molar-refractivity contribution in [3.63, 3.8) is 0 Å². The summed E-state index contributed by atoms with van der Waals surface area (Å²) in [6.45, 7) is 4.32. The Hall–Kier alpha value is -2.84. The second kappa shape index (κ2) is 6.96. The molecule has 1 rings (SSSR count). The predicted molar refractivity (Wildman–Crippen MR) is 79.9 cm³/mol. The van der Waals surface area contributed by atoms with Crippen molar-refractivity contribution in [2.45, 2.75) is 32.5 Å². The Morgan fingerprint density at radius 1 is 1.04 bits per heavy atom. The topological polar surface area (TPSA) is 101 Å². The number of hydrogen-bond donors (Lipinski definition) is 2. The van der Waals surface area contributed by atoms with Gasteiger partial charge >= 0.3 is 24.1 Å². The Morgan fingerprint density at radius 3 is 1.96 bits per heavy atom. The van der Waals surface area contributed by atoms with Gasteiger partial charge in [-0.05, 0) is 38.5 Å². The smallest absolute Gasteiger partial charge is 0.417 e. The van der Waals surface area contributed by atoms with Crippen LogP contribution in [0.15, 0.2) is 23.8 Å². The molecule has 6 nitrogen and oxygen atoms in total. The first-order valence-electron chi connectivity index (χ1n) is 6.86. The number of carbonyl (C=O) groups is 3. The van der Waals surface area contributed by atoms with Crippen LogP contribution in [-0.4, -0.2) is 33.7 Å². The minimum absolute atomic E-state index is 0.485. The standard InChI is InChI=1S/C16H15F3O6/c1-15(2,3)25-14(24)11-8(7-9(12(20)21)13(22)23)5-4-6-10(11)16(17,18)19/h4-7H,1-3H3,(H,20,21)(H,22,23). The summed E-state index contributed by atoms with van der Waals surface area (Å²) in [5, 5.41) is 17.7. The number of carboxylic acids is 2. The number of hydrogen-bond acceptors (Lipinski definition) is 4. The molecule has 25 heavy (non-hydrogen) atoms. The molecular formula is C16H15F3O6. The fraction of sp³-hybridized carbons (Fsp3) is 0.312. The fourth-order valence-electron chi connectivity index (χ4n) is 1.85. The van der Waals surface area contributed by atoms with E-state index in [2.05, 4.69) is 0 Å². The molecule has 0 amide bonds. The predicted octanol–water partition coefficient (Wildman–Crippen LogP) is 3.21. The maximum Gasteiger partial charge on any atom is 0.417 e. The van der Waals surface area contributed by atoms with Gasteiger partial charge in [0, 0.05) is 0 Å². The van der Waals surface area contributed by atoms with Crippen molar-refractivity contribution in [2.24, 2.45) is 0 Å². The highest BCUT2D eigenvalue weighted by Crippen LogP contribution is 2.35. The van der Waals surface area contributed by atoms with Gasteiger partial charge in [-0.1, -0.05) is 12.1 Å². The number of halogens is 3. The molecule has 0 aliphatic carbocycles. The van der Waals surface area contributed by atoms with Gasteiger partial charge in [-0.25, -0.2) is 14.4 Å². The second-order valence-electron chi connectivity index (χ2n) is 5.94. The summed E-state index contributed by atoms with van der Waals surface area (Å²) in [7, 11) is 0. The molecule has 0 radical (unpaired) electrons. The van der Waals surface area contributed by atoms with Gasteiger partial charge in [0.05, 0.1) is 11.1 Å². The number of rotatable bonds is 4. The lowest BCUT2D eigenvalue weighted by Gasteiger charge is -2.22. The minimum atomic E-state index is -4.93. The highest BCUT2D eigenvalue weighted by atomic mass is 19.4. The average Bonchev–Trinajstić information content (AvgIpc) is 2.40. The van der Waals surface area contributed by atoms with Crippen molar-refractivity contribution in [2.75, 3.05) is 0 Å². The lowest BCUT2D eigenvalue weighted by Crippen LogP contribution is -2.26. The average molecular weight is 360 g/mol. The number of carboxylic acid groups (broad SMARTS) is 2. The zero-order valence-corrected chi connectivity index (χ0v) is 13.5. The van der Waals surface area contributed by atoms with E-state index in [0.29, 0.717) is 12.1 Å². The van der Waals surface area contributed by atoms with Crippen molar-refractivity contribution in [3.05, 3.63) is 40.5 Å². The highest BCUT2D eigenvalue weighted by molar-refractivity contribution is 6.16. The van der Waals surface area contributed by atoms with E-state index in [-0.39, 0.29) is 0 Å². The van der Waals surface area contributed by atoms with Gasteiger partial charge in [0.2, 0.25) is 0 Å². The Balaban J connectivity index is 3.69. The number of aliphatic carboxylic acids is 2. The van der Waals surface area contributed by atoms with Crippen LogP contribution in [0.5, 0.6) is 0 Å². The molecule has 1 aromatic rings. The number of ether oxygens (including phenoxy) is 1. The number of alkyl halides is 3. The summed E-state index contributed by atoms with van der Waals surface area (Å²) in [5.74, 6) is -5.07. The van der Waals surface area contributed by atoms with Gasteiger partial charge in [0.15, 0.2) is 0 Å². The number of carbonyl (C=O) groups excluding carboxylic acids is 1. The molecule has 9 heteroatoms. The molecule has 136 valence electrons. The van der Waals surface area contributed by atoms with E-state index < -0.39 is 51.9 Å². The molecule has 0 fully saturated rings. The van der Waals surface area contributed by atoms with Crippen molar-refractivity contribution < 1.29 is 42.5 Å². The monoisotopic (exact) mass is 360 g/mol. The normalized spacial score (nSPS) is 11.6. The molecule has 0 bridgehead atoms. The van der Waals surface area contributed by atoms with Crippen LogP contribution < -0.4 is 0 Å². The van der Waals surface area contributed by atoms with E-state index in [0.717, 1.165) is 12.1 Å². The highest BCUT2D eigenvalue weighted by Gasteiger charge is 2.37. The van der Waals surface area contributed by atoms with Crippen molar-refractivity contribution in [1.29, 1.82) is 0 Å². The summed E-state index contributed by atoms with van der Waals surface area (Å²) >= 11 is 0. The van der Waals surface area contributed by atoms with E-state index in [1.54, 1.807) is 0 Å². The third-order valence-electron chi connectivity index (χ3n) is 2.77. The number of benzene rings is 1. The van der Waals surface area contributed by atoms with Gasteiger partial charge < -0.3 is 14.9 Å². The SMILES string of the molecule is CC(C)(C)OC(=O)c1c(C=C(C(=O)O)C(=O)O)cccc1C(F)(F)F. The quantitative estimate of drug-likeness (QED) is 0.370. The van der Waals surface area contributed by atoms with E-state index in [1.165, 1.54) is 20.8 Å². The third kappa shape index (κ3) is 5.33. The van der Waals surface area contributed by atoms with Crippen LogP contribution in [0, 0.1) is 0 Å². The molecule has 0 saturated carbocycles. The van der Waals surface area contributed by atoms with E-state index in [1.807, 2.05) is 0 Å². The summed E-state index contributed by atoms with van der Waals surface area (Å²) in [5.41, 5.74) is -5.14. The van der Waals surface area contributed by atoms with Gasteiger partial charge in [0.25, 0.3) is 0 Å². The van der Waals surface area contributed by atoms with Gasteiger partial charge in [-0.15, -0.1) is 0 Å². The largest absolute Gasteiger partial charge is 0.477 e. The first-order valence-corrected chi connectivity index (χ1v) is 6.86. The lowest BCUT2D eigenvalue weighted by molar-refractivity contribution is -0.140. The Labute approximate surface area is 140 Å². The summed E-state index contributed by atoms with van der Waals surface area (Å²) < 4.78 is 44.6. The Bertz CT molecular complexity index is 725. The van der Waals surface area contributed by atoms with Gasteiger partial charge in [0.1, 0.15) is 11.2 Å². The van der Waals surface area contributed by atoms with Crippen LogP contribution in [0.4, 0.5) is 13.2 Å². The van der Waals surface area contributed by atoms with E-state index in [4.69, 9.17) is 14.9 Å². The van der Waals surface area contributed by atoms with Crippen molar-refractivity contribution in [3.8, 4) is 0 Å². The molecule has 0 saturated heterocycles. The Morgan fingerprint density at radius 2 is 1.56 bits per heavy atom. The second-order valence-corrected chi connectivity index (χ2v) is 5.94. The zero-order valence-electron chi connectivity index (χ0n) is 13.5.